The molecular weight excluding hydrogens is 304 g/mol. The number of benzene rings is 1. The molecule has 0 bridgehead atoms. The monoisotopic (exact) mass is 316 g/mol. The lowest BCUT2D eigenvalue weighted by Crippen LogP contribution is -2.51. The van der Waals surface area contributed by atoms with E-state index in [2.05, 4.69) is 4.72 Å². The van der Waals surface area contributed by atoms with Crippen LogP contribution >= 0.6 is 11.6 Å². The van der Waals surface area contributed by atoms with E-state index in [-0.39, 0.29) is 21.9 Å². The maximum absolute atomic E-state index is 12.3. The van der Waals surface area contributed by atoms with E-state index in [9.17, 15) is 13.2 Å². The average molecular weight is 317 g/mol. The molecule has 0 saturated heterocycles. The molecule has 2 N–H and O–H groups in total. The van der Waals surface area contributed by atoms with Gasteiger partial charge in [-0.2, -0.15) is 9.98 Å². The van der Waals surface area contributed by atoms with Crippen LogP contribution in [0.3, 0.4) is 0 Å². The molecule has 1 aromatic carbocycles. The molecule has 1 unspecified atom stereocenters. The highest BCUT2D eigenvalue weighted by Crippen LogP contribution is 2.22. The number of rotatable bonds is 5. The van der Waals surface area contributed by atoms with Gasteiger partial charge in [-0.3, -0.25) is 4.79 Å². The molecular formula is C12H13ClN2O4S. The highest BCUT2D eigenvalue weighted by atomic mass is 35.5. The van der Waals surface area contributed by atoms with Gasteiger partial charge in [-0.05, 0) is 31.5 Å². The van der Waals surface area contributed by atoms with Gasteiger partial charge in [0.25, 0.3) is 0 Å². The Morgan fingerprint density at radius 2 is 2.15 bits per heavy atom. The van der Waals surface area contributed by atoms with E-state index in [0.29, 0.717) is 0 Å². The minimum absolute atomic E-state index is 0.0457. The zero-order valence-electron chi connectivity index (χ0n) is 10.8. The predicted molar refractivity (Wildman–Crippen MR) is 72.8 cm³/mol. The van der Waals surface area contributed by atoms with Crippen molar-refractivity contribution in [3.05, 3.63) is 28.8 Å². The number of nitrogens with zero attached hydrogens (tertiary/aromatic N) is 1. The maximum atomic E-state index is 12.3. The van der Waals surface area contributed by atoms with E-state index in [4.69, 9.17) is 22.0 Å². The Morgan fingerprint density at radius 3 is 2.60 bits per heavy atom. The van der Waals surface area contributed by atoms with E-state index in [0.717, 1.165) is 6.07 Å². The van der Waals surface area contributed by atoms with Gasteiger partial charge in [0.2, 0.25) is 10.0 Å². The van der Waals surface area contributed by atoms with Crippen molar-refractivity contribution in [2.45, 2.75) is 30.7 Å². The Bertz CT molecular complexity index is 681. The third-order valence-corrected chi connectivity index (χ3v) is 4.76. The first kappa shape index (κ1) is 16.4. The van der Waals surface area contributed by atoms with Crippen LogP contribution in [0.15, 0.2) is 23.1 Å². The highest BCUT2D eigenvalue weighted by molar-refractivity contribution is 7.89. The van der Waals surface area contributed by atoms with Crippen molar-refractivity contribution < 1.29 is 18.3 Å². The summed E-state index contributed by atoms with van der Waals surface area (Å²) in [4.78, 5) is 10.8. The number of carboxylic acid groups (broad SMARTS) is 1. The van der Waals surface area contributed by atoms with E-state index in [1.54, 1.807) is 13.0 Å². The topological polar surface area (TPSA) is 107 Å². The van der Waals surface area contributed by atoms with E-state index >= 15 is 0 Å². The molecule has 1 aromatic rings. The molecule has 0 aliphatic heterocycles. The molecule has 20 heavy (non-hydrogen) atoms. The summed E-state index contributed by atoms with van der Waals surface area (Å²) in [5, 5.41) is 18.2. The Hall–Kier alpha value is -1.62. The second-order valence-electron chi connectivity index (χ2n) is 4.35. The minimum Gasteiger partial charge on any atom is -0.480 e. The molecule has 1 rings (SSSR count). The van der Waals surface area contributed by atoms with Crippen LogP contribution in [0.5, 0.6) is 0 Å². The van der Waals surface area contributed by atoms with Gasteiger partial charge < -0.3 is 5.11 Å². The molecule has 108 valence electrons. The lowest BCUT2D eigenvalue weighted by molar-refractivity contribution is -0.143. The fraction of sp³-hybridized carbons (Fsp3) is 0.333. The number of nitriles is 1. The van der Waals surface area contributed by atoms with Crippen molar-refractivity contribution in [2.75, 3.05) is 0 Å². The highest BCUT2D eigenvalue weighted by Gasteiger charge is 2.37. The second-order valence-corrected chi connectivity index (χ2v) is 6.44. The molecule has 0 heterocycles. The fourth-order valence-electron chi connectivity index (χ4n) is 1.43. The number of hydrogen-bond donors (Lipinski definition) is 2. The number of sulfonamides is 1. The third-order valence-electron chi connectivity index (χ3n) is 2.89. The largest absolute Gasteiger partial charge is 0.480 e. The molecule has 8 heteroatoms. The molecule has 0 spiro atoms. The molecule has 0 amide bonds. The summed E-state index contributed by atoms with van der Waals surface area (Å²) in [5.74, 6) is -1.30. The van der Waals surface area contributed by atoms with Gasteiger partial charge in [0.05, 0.1) is 5.56 Å². The summed E-state index contributed by atoms with van der Waals surface area (Å²) in [6, 6.07) is 5.50. The van der Waals surface area contributed by atoms with Gasteiger partial charge in [-0.25, -0.2) is 8.42 Å². The first-order chi connectivity index (χ1) is 9.16. The molecule has 0 saturated carbocycles. The van der Waals surface area contributed by atoms with Crippen molar-refractivity contribution in [2.24, 2.45) is 0 Å². The zero-order chi connectivity index (χ0) is 15.6. The second kappa shape index (κ2) is 5.79. The molecule has 6 nitrogen and oxygen atoms in total. The first-order valence-electron chi connectivity index (χ1n) is 5.63. The molecule has 0 aliphatic rings. The van der Waals surface area contributed by atoms with Crippen LogP contribution < -0.4 is 4.72 Å². The summed E-state index contributed by atoms with van der Waals surface area (Å²) >= 11 is 5.73. The molecule has 0 radical (unpaired) electrons. The van der Waals surface area contributed by atoms with E-state index in [1.165, 1.54) is 19.1 Å². The predicted octanol–water partition coefficient (Wildman–Crippen LogP) is 1.74. The summed E-state index contributed by atoms with van der Waals surface area (Å²) in [5.41, 5.74) is -1.76. The number of carbonyl (C=O) groups is 1. The van der Waals surface area contributed by atoms with Crippen LogP contribution in [-0.4, -0.2) is 25.0 Å². The van der Waals surface area contributed by atoms with Gasteiger partial charge in [0.1, 0.15) is 16.5 Å². The van der Waals surface area contributed by atoms with Crippen molar-refractivity contribution in [1.82, 2.24) is 4.72 Å². The number of nitrogens with one attached hydrogen (secondary N) is 1. The fourth-order valence-corrected chi connectivity index (χ4v) is 3.29. The maximum Gasteiger partial charge on any atom is 0.324 e. The minimum atomic E-state index is -4.18. The van der Waals surface area contributed by atoms with Crippen molar-refractivity contribution in [3.63, 3.8) is 0 Å². The van der Waals surface area contributed by atoms with Crippen LogP contribution in [0.4, 0.5) is 0 Å². The number of aliphatic carboxylic acids is 1. The van der Waals surface area contributed by atoms with Gasteiger partial charge in [0.15, 0.2) is 0 Å². The van der Waals surface area contributed by atoms with E-state index < -0.39 is 21.5 Å². The summed E-state index contributed by atoms with van der Waals surface area (Å²) in [6.07, 6.45) is 0.0457. The normalized spacial score (nSPS) is 14.3. The Balaban J connectivity index is 3.36. The van der Waals surface area contributed by atoms with Crippen molar-refractivity contribution in [1.29, 1.82) is 5.26 Å². The van der Waals surface area contributed by atoms with Crippen LogP contribution in [0.2, 0.25) is 5.02 Å². The van der Waals surface area contributed by atoms with Crippen LogP contribution in [0.1, 0.15) is 25.8 Å². The lowest BCUT2D eigenvalue weighted by atomic mass is 10.0. The average Bonchev–Trinajstić information content (AvgIpc) is 2.37. The molecule has 1 atom stereocenters. The smallest absolute Gasteiger partial charge is 0.324 e. The van der Waals surface area contributed by atoms with E-state index in [1.807, 2.05) is 0 Å². The summed E-state index contributed by atoms with van der Waals surface area (Å²) < 4.78 is 26.6. The third kappa shape index (κ3) is 3.28. The molecule has 0 fully saturated rings. The Labute approximate surface area is 122 Å². The number of hydrogen-bond acceptors (Lipinski definition) is 4. The van der Waals surface area contributed by atoms with Gasteiger partial charge >= 0.3 is 5.97 Å². The lowest BCUT2D eigenvalue weighted by Gasteiger charge is -2.24. The van der Waals surface area contributed by atoms with Gasteiger partial charge in [-0.1, -0.05) is 18.5 Å². The van der Waals surface area contributed by atoms with Crippen LogP contribution in [-0.2, 0) is 14.8 Å². The van der Waals surface area contributed by atoms with Crippen LogP contribution in [0.25, 0.3) is 0 Å². The first-order valence-corrected chi connectivity index (χ1v) is 7.49. The Morgan fingerprint density at radius 1 is 1.55 bits per heavy atom. The quantitative estimate of drug-likeness (QED) is 0.860. The molecule has 0 aliphatic carbocycles. The Kier molecular flexibility index (Phi) is 4.76. The van der Waals surface area contributed by atoms with Crippen molar-refractivity contribution >= 4 is 27.6 Å². The van der Waals surface area contributed by atoms with Crippen LogP contribution in [0, 0.1) is 11.3 Å². The zero-order valence-corrected chi connectivity index (χ0v) is 12.4. The van der Waals surface area contributed by atoms with Gasteiger partial charge in [-0.15, -0.1) is 0 Å². The summed E-state index contributed by atoms with van der Waals surface area (Å²) in [6.45, 7) is 2.79. The van der Waals surface area contributed by atoms with Gasteiger partial charge in [0, 0.05) is 5.02 Å². The molecule has 0 aromatic heterocycles. The van der Waals surface area contributed by atoms with Crippen molar-refractivity contribution in [3.8, 4) is 6.07 Å². The number of halogens is 1. The standard InChI is InChI=1S/C12H13ClN2O4S/c1-3-12(2,11(16)17)15-20(18,19)10-6-9(13)5-4-8(10)7-14/h4-6,15H,3H2,1-2H3,(H,16,17). The SMILES string of the molecule is CCC(C)(NS(=O)(=O)c1cc(Cl)ccc1C#N)C(=O)O. The summed E-state index contributed by atoms with van der Waals surface area (Å²) in [7, 11) is -4.18. The number of carboxylic acids is 1.